The first-order valence-electron chi connectivity index (χ1n) is 4.45. The summed E-state index contributed by atoms with van der Waals surface area (Å²) in [5.41, 5.74) is -0.613. The van der Waals surface area contributed by atoms with Crippen molar-refractivity contribution >= 4 is 22.6 Å². The zero-order valence-electron chi connectivity index (χ0n) is 9.05. The van der Waals surface area contributed by atoms with Crippen molar-refractivity contribution in [2.75, 3.05) is 14.1 Å². The fourth-order valence-electron chi connectivity index (χ4n) is 1.17. The Morgan fingerprint density at radius 3 is 2.06 bits per heavy atom. The van der Waals surface area contributed by atoms with E-state index in [1.165, 1.54) is 14.1 Å². The molecule has 1 rings (SSSR count). The van der Waals surface area contributed by atoms with Crippen LogP contribution >= 0.6 is 0 Å². The molecule has 0 saturated carbocycles. The van der Waals surface area contributed by atoms with E-state index in [-0.39, 0.29) is 0 Å². The summed E-state index contributed by atoms with van der Waals surface area (Å²) in [4.78, 5) is -0.684. The lowest BCUT2D eigenvalue weighted by Gasteiger charge is -2.15. The Morgan fingerprint density at radius 2 is 1.65 bits per heavy atom. The largest absolute Gasteiger partial charge is 0.489 e. The van der Waals surface area contributed by atoms with Crippen LogP contribution in [0.15, 0.2) is 17.0 Å². The van der Waals surface area contributed by atoms with Crippen LogP contribution < -0.4 is 5.46 Å². The molecule has 0 fully saturated rings. The molecule has 94 valence electrons. The molecule has 0 saturated heterocycles. The van der Waals surface area contributed by atoms with Crippen LogP contribution in [0.2, 0.25) is 0 Å². The second kappa shape index (κ2) is 4.69. The average Bonchev–Trinajstić information content (AvgIpc) is 2.20. The Bertz CT molecular complexity index is 533. The number of hydrogen-bond acceptors (Lipinski definition) is 4. The van der Waals surface area contributed by atoms with E-state index in [2.05, 4.69) is 0 Å². The second-order valence-electron chi connectivity index (χ2n) is 3.47. The van der Waals surface area contributed by atoms with Crippen LogP contribution in [0.3, 0.4) is 0 Å². The van der Waals surface area contributed by atoms with Crippen molar-refractivity contribution in [2.24, 2.45) is 0 Å². The molecule has 0 aliphatic rings. The lowest BCUT2D eigenvalue weighted by atomic mass is 9.80. The molecule has 1 aromatic carbocycles. The van der Waals surface area contributed by atoms with Crippen LogP contribution in [0.1, 0.15) is 0 Å². The van der Waals surface area contributed by atoms with Gasteiger partial charge < -0.3 is 10.0 Å². The van der Waals surface area contributed by atoms with Crippen LogP contribution in [-0.2, 0) is 10.0 Å². The smallest absolute Gasteiger partial charge is 0.423 e. The number of benzene rings is 1. The SMILES string of the molecule is CN(C)S(=O)(=O)c1cc(F)c(F)cc1B(O)O. The minimum absolute atomic E-state index is 0.416. The van der Waals surface area contributed by atoms with Crippen molar-refractivity contribution in [1.82, 2.24) is 4.31 Å². The quantitative estimate of drug-likeness (QED) is 0.680. The van der Waals surface area contributed by atoms with Crippen LogP contribution in [0.25, 0.3) is 0 Å². The molecule has 5 nitrogen and oxygen atoms in total. The number of halogens is 2. The number of hydrogen-bond donors (Lipinski definition) is 2. The molecule has 0 heterocycles. The first-order chi connectivity index (χ1) is 7.67. The van der Waals surface area contributed by atoms with Gasteiger partial charge in [0.05, 0.1) is 4.90 Å². The van der Waals surface area contributed by atoms with E-state index in [1.54, 1.807) is 0 Å². The van der Waals surface area contributed by atoms with Crippen LogP contribution in [-0.4, -0.2) is 44.0 Å². The highest BCUT2D eigenvalue weighted by Gasteiger charge is 2.28. The van der Waals surface area contributed by atoms with E-state index in [0.717, 1.165) is 4.31 Å². The van der Waals surface area contributed by atoms with E-state index < -0.39 is 39.1 Å². The molecule has 0 bridgehead atoms. The molecule has 0 atom stereocenters. The van der Waals surface area contributed by atoms with Gasteiger partial charge in [0.15, 0.2) is 11.6 Å². The normalized spacial score (nSPS) is 11.9. The van der Waals surface area contributed by atoms with Gasteiger partial charge in [-0.25, -0.2) is 21.5 Å². The van der Waals surface area contributed by atoms with E-state index in [4.69, 9.17) is 10.0 Å². The summed E-state index contributed by atoms with van der Waals surface area (Å²) in [5, 5.41) is 17.9. The van der Waals surface area contributed by atoms with Gasteiger partial charge >= 0.3 is 7.12 Å². The summed E-state index contributed by atoms with van der Waals surface area (Å²) in [7, 11) is -3.93. The number of sulfonamides is 1. The van der Waals surface area contributed by atoms with E-state index in [9.17, 15) is 17.2 Å². The van der Waals surface area contributed by atoms with Crippen molar-refractivity contribution < 1.29 is 27.2 Å². The van der Waals surface area contributed by atoms with Gasteiger partial charge in [-0.3, -0.25) is 0 Å². The Balaban J connectivity index is 3.58. The predicted molar refractivity (Wildman–Crippen MR) is 57.1 cm³/mol. The summed E-state index contributed by atoms with van der Waals surface area (Å²) in [6.07, 6.45) is 0. The average molecular weight is 265 g/mol. The fraction of sp³-hybridized carbons (Fsp3) is 0.250. The molecule has 0 amide bonds. The number of nitrogens with zero attached hydrogens (tertiary/aromatic N) is 1. The third-order valence-electron chi connectivity index (χ3n) is 2.09. The molecule has 0 aromatic heterocycles. The Kier molecular flexibility index (Phi) is 3.87. The van der Waals surface area contributed by atoms with Gasteiger partial charge in [0.1, 0.15) is 0 Å². The Labute approximate surface area is 97.5 Å². The summed E-state index contributed by atoms with van der Waals surface area (Å²) in [5.74, 6) is -2.74. The predicted octanol–water partition coefficient (Wildman–Crippen LogP) is -1.11. The molecule has 1 aromatic rings. The minimum atomic E-state index is -4.09. The molecule has 9 heteroatoms. The maximum absolute atomic E-state index is 13.0. The maximum atomic E-state index is 13.0. The minimum Gasteiger partial charge on any atom is -0.423 e. The second-order valence-corrected chi connectivity index (χ2v) is 5.59. The molecule has 0 unspecified atom stereocenters. The maximum Gasteiger partial charge on any atom is 0.489 e. The third kappa shape index (κ3) is 2.63. The number of rotatable bonds is 3. The van der Waals surface area contributed by atoms with Crippen LogP contribution in [0.4, 0.5) is 8.78 Å². The van der Waals surface area contributed by atoms with Gasteiger partial charge in [-0.1, -0.05) is 0 Å². The summed E-state index contributed by atoms with van der Waals surface area (Å²) >= 11 is 0. The van der Waals surface area contributed by atoms with E-state index in [0.29, 0.717) is 12.1 Å². The lowest BCUT2D eigenvalue weighted by Crippen LogP contribution is -2.38. The highest BCUT2D eigenvalue weighted by atomic mass is 32.2. The molecule has 0 aliphatic heterocycles. The third-order valence-corrected chi connectivity index (χ3v) is 3.96. The van der Waals surface area contributed by atoms with Gasteiger partial charge in [-0.15, -0.1) is 0 Å². The zero-order chi connectivity index (χ0) is 13.4. The first-order valence-corrected chi connectivity index (χ1v) is 5.89. The molecule has 0 aliphatic carbocycles. The lowest BCUT2D eigenvalue weighted by molar-refractivity contribution is 0.422. The topological polar surface area (TPSA) is 77.8 Å². The monoisotopic (exact) mass is 265 g/mol. The highest BCUT2D eigenvalue weighted by molar-refractivity contribution is 7.89. The fourth-order valence-corrected chi connectivity index (χ4v) is 2.27. The van der Waals surface area contributed by atoms with Crippen molar-refractivity contribution in [1.29, 1.82) is 0 Å². The Hall–Kier alpha value is -1.03. The van der Waals surface area contributed by atoms with Gasteiger partial charge in [0.2, 0.25) is 10.0 Å². The van der Waals surface area contributed by atoms with E-state index >= 15 is 0 Å². The van der Waals surface area contributed by atoms with Gasteiger partial charge in [0, 0.05) is 19.6 Å². The molecule has 0 spiro atoms. The first kappa shape index (κ1) is 14.0. The molecular weight excluding hydrogens is 255 g/mol. The van der Waals surface area contributed by atoms with Crippen LogP contribution in [0, 0.1) is 11.6 Å². The highest BCUT2D eigenvalue weighted by Crippen LogP contribution is 2.15. The van der Waals surface area contributed by atoms with Crippen molar-refractivity contribution in [3.8, 4) is 0 Å². The van der Waals surface area contributed by atoms with Crippen LogP contribution in [0.5, 0.6) is 0 Å². The van der Waals surface area contributed by atoms with Gasteiger partial charge in [-0.2, -0.15) is 0 Å². The van der Waals surface area contributed by atoms with Crippen molar-refractivity contribution in [3.63, 3.8) is 0 Å². The Morgan fingerprint density at radius 1 is 1.18 bits per heavy atom. The molecule has 2 N–H and O–H groups in total. The standard InChI is InChI=1S/C8H10BF2NO4S/c1-12(2)17(15,16)8-4-7(11)6(10)3-5(8)9(13)14/h3-4,13-14H,1-2H3. The summed E-state index contributed by atoms with van der Waals surface area (Å²) < 4.78 is 50.1. The molecular formula is C8H10BF2NO4S. The van der Waals surface area contributed by atoms with E-state index in [1.807, 2.05) is 0 Å². The summed E-state index contributed by atoms with van der Waals surface area (Å²) in [6.45, 7) is 0. The molecule has 17 heavy (non-hydrogen) atoms. The van der Waals surface area contributed by atoms with Gasteiger partial charge in [-0.05, 0) is 12.1 Å². The van der Waals surface area contributed by atoms with Crippen molar-refractivity contribution in [2.45, 2.75) is 4.90 Å². The van der Waals surface area contributed by atoms with Gasteiger partial charge in [0.25, 0.3) is 0 Å². The van der Waals surface area contributed by atoms with Crippen molar-refractivity contribution in [3.05, 3.63) is 23.8 Å². The zero-order valence-corrected chi connectivity index (χ0v) is 9.87. The summed E-state index contributed by atoms with van der Waals surface area (Å²) in [6, 6.07) is 0.857. The molecule has 0 radical (unpaired) electrons.